The Morgan fingerprint density at radius 3 is 2.80 bits per heavy atom. The van der Waals surface area contributed by atoms with Crippen LogP contribution in [0.5, 0.6) is 0 Å². The van der Waals surface area contributed by atoms with Gasteiger partial charge in [-0.25, -0.2) is 5.06 Å². The molecule has 0 aliphatic heterocycles. The molecule has 3 nitrogen and oxygen atoms in total. The third kappa shape index (κ3) is 4.09. The highest BCUT2D eigenvalue weighted by atomic mass is 16.7. The third-order valence-corrected chi connectivity index (χ3v) is 1.05. The van der Waals surface area contributed by atoms with Crippen LogP contribution in [0, 0.1) is 0 Å². The fraction of sp³-hybridized carbons (Fsp3) is 0.571. The molecule has 0 aromatic carbocycles. The van der Waals surface area contributed by atoms with Gasteiger partial charge in [-0.1, -0.05) is 6.08 Å². The van der Waals surface area contributed by atoms with Gasteiger partial charge in [0.25, 0.3) is 0 Å². The van der Waals surface area contributed by atoms with E-state index in [1.165, 1.54) is 12.0 Å². The lowest BCUT2D eigenvalue weighted by Crippen LogP contribution is -2.24. The van der Waals surface area contributed by atoms with Crippen molar-refractivity contribution in [2.45, 2.75) is 13.3 Å². The van der Waals surface area contributed by atoms with Gasteiger partial charge < -0.3 is 0 Å². The second-order valence-corrected chi connectivity index (χ2v) is 1.93. The maximum atomic E-state index is 10.5. The van der Waals surface area contributed by atoms with E-state index in [9.17, 15) is 4.79 Å². The van der Waals surface area contributed by atoms with Crippen molar-refractivity contribution < 1.29 is 9.63 Å². The molecule has 0 fully saturated rings. The lowest BCUT2D eigenvalue weighted by atomic mass is 10.5. The average Bonchev–Trinajstić information content (AvgIpc) is 1.88. The van der Waals surface area contributed by atoms with Gasteiger partial charge in [0.05, 0.1) is 6.61 Å². The number of amides is 1. The first kappa shape index (κ1) is 9.17. The van der Waals surface area contributed by atoms with Crippen LogP contribution in [-0.2, 0) is 9.63 Å². The zero-order chi connectivity index (χ0) is 7.98. The zero-order valence-corrected chi connectivity index (χ0v) is 6.46. The van der Waals surface area contributed by atoms with E-state index in [-0.39, 0.29) is 5.91 Å². The molecule has 0 saturated heterocycles. The lowest BCUT2D eigenvalue weighted by molar-refractivity contribution is -0.175. The zero-order valence-electron chi connectivity index (χ0n) is 6.46. The van der Waals surface area contributed by atoms with E-state index >= 15 is 0 Å². The molecule has 0 N–H and O–H groups in total. The molecule has 0 aromatic heterocycles. The number of carbonyl (C=O) groups excluding carboxylic acids is 1. The van der Waals surface area contributed by atoms with Crippen LogP contribution < -0.4 is 0 Å². The summed E-state index contributed by atoms with van der Waals surface area (Å²) in [4.78, 5) is 15.5. The summed E-state index contributed by atoms with van der Waals surface area (Å²) in [5, 5.41) is 1.21. The van der Waals surface area contributed by atoms with Gasteiger partial charge in [-0.3, -0.25) is 9.63 Å². The van der Waals surface area contributed by atoms with Gasteiger partial charge in [-0.15, -0.1) is 6.58 Å². The molecule has 3 heteroatoms. The van der Waals surface area contributed by atoms with E-state index in [1.54, 1.807) is 13.1 Å². The topological polar surface area (TPSA) is 29.5 Å². The van der Waals surface area contributed by atoms with Crippen LogP contribution in [0.15, 0.2) is 12.7 Å². The minimum Gasteiger partial charge on any atom is -0.273 e. The van der Waals surface area contributed by atoms with Crippen molar-refractivity contribution in [2.75, 3.05) is 13.7 Å². The van der Waals surface area contributed by atoms with Crippen molar-refractivity contribution in [3.8, 4) is 0 Å². The maximum absolute atomic E-state index is 10.5. The molecule has 0 atom stereocenters. The first-order valence-electron chi connectivity index (χ1n) is 3.16. The van der Waals surface area contributed by atoms with E-state index < -0.39 is 0 Å². The summed E-state index contributed by atoms with van der Waals surface area (Å²) in [6.45, 7) is 5.48. The highest BCUT2D eigenvalue weighted by molar-refractivity contribution is 5.71. The highest BCUT2D eigenvalue weighted by Crippen LogP contribution is 1.88. The number of hydrogen-bond acceptors (Lipinski definition) is 2. The predicted molar refractivity (Wildman–Crippen MR) is 39.2 cm³/mol. The van der Waals surface area contributed by atoms with Crippen LogP contribution in [0.25, 0.3) is 0 Å². The molecule has 0 bridgehead atoms. The molecule has 10 heavy (non-hydrogen) atoms. The molecular weight excluding hydrogens is 130 g/mol. The van der Waals surface area contributed by atoms with Crippen LogP contribution in [0.3, 0.4) is 0 Å². The van der Waals surface area contributed by atoms with Crippen LogP contribution in [0.2, 0.25) is 0 Å². The van der Waals surface area contributed by atoms with Gasteiger partial charge in [-0.2, -0.15) is 0 Å². The van der Waals surface area contributed by atoms with Gasteiger partial charge in [0.2, 0.25) is 5.91 Å². The Morgan fingerprint density at radius 1 is 1.80 bits per heavy atom. The first-order chi connectivity index (χ1) is 4.68. The van der Waals surface area contributed by atoms with Gasteiger partial charge in [0.15, 0.2) is 0 Å². The van der Waals surface area contributed by atoms with E-state index in [0.29, 0.717) is 6.61 Å². The summed E-state index contributed by atoms with van der Waals surface area (Å²) in [5.74, 6) is -0.0935. The van der Waals surface area contributed by atoms with E-state index in [1.807, 2.05) is 0 Å². The van der Waals surface area contributed by atoms with E-state index in [4.69, 9.17) is 4.84 Å². The Morgan fingerprint density at radius 2 is 2.40 bits per heavy atom. The minimum absolute atomic E-state index is 0.0935. The van der Waals surface area contributed by atoms with Gasteiger partial charge in [0.1, 0.15) is 0 Å². The van der Waals surface area contributed by atoms with Crippen molar-refractivity contribution in [3.63, 3.8) is 0 Å². The minimum atomic E-state index is -0.0935. The van der Waals surface area contributed by atoms with Crippen molar-refractivity contribution in [1.29, 1.82) is 0 Å². The molecule has 0 unspecified atom stereocenters. The molecule has 0 radical (unpaired) electrons. The van der Waals surface area contributed by atoms with Crippen molar-refractivity contribution >= 4 is 5.91 Å². The second-order valence-electron chi connectivity index (χ2n) is 1.93. The van der Waals surface area contributed by atoms with E-state index in [0.717, 1.165) is 6.42 Å². The number of rotatable bonds is 4. The average molecular weight is 143 g/mol. The molecule has 1 amide bonds. The van der Waals surface area contributed by atoms with Gasteiger partial charge >= 0.3 is 0 Å². The SMILES string of the molecule is C=CCCON(C)C(C)=O. The third-order valence-electron chi connectivity index (χ3n) is 1.05. The summed E-state index contributed by atoms with van der Waals surface area (Å²) < 4.78 is 0. The predicted octanol–water partition coefficient (Wildman–Crippen LogP) is 0.972. The highest BCUT2D eigenvalue weighted by Gasteiger charge is 1.99. The van der Waals surface area contributed by atoms with Crippen molar-refractivity contribution in [1.82, 2.24) is 5.06 Å². The van der Waals surface area contributed by atoms with Crippen molar-refractivity contribution in [2.24, 2.45) is 0 Å². The monoisotopic (exact) mass is 143 g/mol. The number of nitrogens with zero attached hydrogens (tertiary/aromatic N) is 1. The molecule has 0 aliphatic carbocycles. The molecule has 0 heterocycles. The van der Waals surface area contributed by atoms with Crippen LogP contribution in [0.1, 0.15) is 13.3 Å². The van der Waals surface area contributed by atoms with Gasteiger partial charge in [-0.05, 0) is 6.42 Å². The molecular formula is C7H13NO2. The molecule has 0 saturated carbocycles. The summed E-state index contributed by atoms with van der Waals surface area (Å²) in [6, 6.07) is 0. The number of hydroxylamine groups is 2. The van der Waals surface area contributed by atoms with Gasteiger partial charge in [0, 0.05) is 14.0 Å². The normalized spacial score (nSPS) is 9.00. The fourth-order valence-corrected chi connectivity index (χ4v) is 0.364. The lowest BCUT2D eigenvalue weighted by Gasteiger charge is -2.12. The summed E-state index contributed by atoms with van der Waals surface area (Å²) >= 11 is 0. The van der Waals surface area contributed by atoms with Crippen LogP contribution >= 0.6 is 0 Å². The Labute approximate surface area is 61.2 Å². The number of hydrogen-bond donors (Lipinski definition) is 0. The fourth-order valence-electron chi connectivity index (χ4n) is 0.364. The standard InChI is InChI=1S/C7H13NO2/c1-4-5-6-10-8(3)7(2)9/h4H,1,5-6H2,2-3H3. The molecule has 0 aliphatic rings. The molecule has 58 valence electrons. The largest absolute Gasteiger partial charge is 0.273 e. The van der Waals surface area contributed by atoms with Crippen LogP contribution in [0.4, 0.5) is 0 Å². The second kappa shape index (κ2) is 4.99. The molecule has 0 spiro atoms. The smallest absolute Gasteiger partial charge is 0.242 e. The molecule has 0 aromatic rings. The quantitative estimate of drug-likeness (QED) is 0.333. The van der Waals surface area contributed by atoms with Crippen molar-refractivity contribution in [3.05, 3.63) is 12.7 Å². The van der Waals surface area contributed by atoms with Crippen LogP contribution in [-0.4, -0.2) is 24.6 Å². The maximum Gasteiger partial charge on any atom is 0.242 e. The summed E-state index contributed by atoms with van der Waals surface area (Å²) in [6.07, 6.45) is 2.51. The number of carbonyl (C=O) groups is 1. The van der Waals surface area contributed by atoms with E-state index in [2.05, 4.69) is 6.58 Å². The molecule has 0 rings (SSSR count). The first-order valence-corrected chi connectivity index (χ1v) is 3.16. The Hall–Kier alpha value is -0.830. The summed E-state index contributed by atoms with van der Waals surface area (Å²) in [7, 11) is 1.59. The Kier molecular flexibility index (Phi) is 4.58. The Bertz CT molecular complexity index is 123. The Balaban J connectivity index is 3.30. The summed E-state index contributed by atoms with van der Waals surface area (Å²) in [5.41, 5.74) is 0.